The quantitative estimate of drug-likeness (QED) is 0.572. The fraction of sp³-hybridized carbons (Fsp3) is 0.455. The first-order valence-electron chi connectivity index (χ1n) is 5.61. The third-order valence-corrected chi connectivity index (χ3v) is 2.39. The van der Waals surface area contributed by atoms with E-state index in [1.54, 1.807) is 10.9 Å². The number of methoxy groups -OCH3 is 1. The predicted molar refractivity (Wildman–Crippen MR) is 63.2 cm³/mol. The second-order valence-corrected chi connectivity index (χ2v) is 3.52. The summed E-state index contributed by atoms with van der Waals surface area (Å²) in [5.41, 5.74) is 1.36. The first-order valence-corrected chi connectivity index (χ1v) is 5.61. The molecule has 0 aliphatic rings. The van der Waals surface area contributed by atoms with Crippen LogP contribution in [-0.2, 0) is 16.0 Å². The second kappa shape index (κ2) is 5.54. The van der Waals surface area contributed by atoms with Crippen LogP contribution in [0.4, 0.5) is 0 Å². The lowest BCUT2D eigenvalue weighted by Crippen LogP contribution is -2.10. The number of aromatic nitrogens is 4. The molecule has 0 aliphatic carbocycles. The summed E-state index contributed by atoms with van der Waals surface area (Å²) in [5.74, 6) is -0.512. The van der Waals surface area contributed by atoms with Gasteiger partial charge < -0.3 is 9.47 Å². The van der Waals surface area contributed by atoms with E-state index in [0.29, 0.717) is 30.9 Å². The summed E-state index contributed by atoms with van der Waals surface area (Å²) >= 11 is 0. The van der Waals surface area contributed by atoms with Crippen LogP contribution in [0.5, 0.6) is 0 Å². The second-order valence-electron chi connectivity index (χ2n) is 3.52. The zero-order chi connectivity index (χ0) is 13.0. The van der Waals surface area contributed by atoms with Crippen molar-refractivity contribution in [3.05, 3.63) is 18.1 Å². The molecular formula is C11H14N4O3. The van der Waals surface area contributed by atoms with Crippen LogP contribution in [0.1, 0.15) is 17.4 Å². The molecule has 2 heterocycles. The lowest BCUT2D eigenvalue weighted by molar-refractivity contribution is 0.0594. The van der Waals surface area contributed by atoms with Crippen LogP contribution in [0, 0.1) is 0 Å². The van der Waals surface area contributed by atoms with Crippen LogP contribution >= 0.6 is 0 Å². The first-order chi connectivity index (χ1) is 8.76. The van der Waals surface area contributed by atoms with Crippen LogP contribution < -0.4 is 0 Å². The van der Waals surface area contributed by atoms with Crippen LogP contribution in [0.3, 0.4) is 0 Å². The fourth-order valence-corrected chi connectivity index (χ4v) is 1.51. The van der Waals surface area contributed by atoms with E-state index < -0.39 is 5.97 Å². The van der Waals surface area contributed by atoms with Gasteiger partial charge in [0.1, 0.15) is 5.52 Å². The highest BCUT2D eigenvalue weighted by Crippen LogP contribution is 2.09. The molecule has 0 atom stereocenters. The van der Waals surface area contributed by atoms with Crippen LogP contribution in [-0.4, -0.2) is 46.0 Å². The summed E-state index contributed by atoms with van der Waals surface area (Å²) in [6, 6.07) is 0. The lowest BCUT2D eigenvalue weighted by atomic mass is 10.4. The van der Waals surface area contributed by atoms with Gasteiger partial charge >= 0.3 is 5.97 Å². The van der Waals surface area contributed by atoms with E-state index in [4.69, 9.17) is 4.74 Å². The number of esters is 1. The molecule has 7 nitrogen and oxygen atoms in total. The van der Waals surface area contributed by atoms with Gasteiger partial charge in [0.25, 0.3) is 0 Å². The van der Waals surface area contributed by atoms with E-state index in [9.17, 15) is 4.79 Å². The number of rotatable bonds is 5. The van der Waals surface area contributed by atoms with Crippen molar-refractivity contribution >= 4 is 17.1 Å². The molecule has 96 valence electrons. The Morgan fingerprint density at radius 3 is 3.00 bits per heavy atom. The Hall–Kier alpha value is -2.02. The van der Waals surface area contributed by atoms with Crippen molar-refractivity contribution in [1.29, 1.82) is 0 Å². The summed E-state index contributed by atoms with van der Waals surface area (Å²) < 4.78 is 11.5. The molecule has 0 aliphatic heterocycles. The van der Waals surface area contributed by atoms with E-state index in [-0.39, 0.29) is 5.69 Å². The highest BCUT2D eigenvalue weighted by molar-refractivity contribution is 5.88. The summed E-state index contributed by atoms with van der Waals surface area (Å²) in [6.07, 6.45) is 2.98. The summed E-state index contributed by atoms with van der Waals surface area (Å²) in [5, 5.41) is 4.15. The zero-order valence-corrected chi connectivity index (χ0v) is 10.3. The van der Waals surface area contributed by atoms with Crippen molar-refractivity contribution < 1.29 is 14.3 Å². The van der Waals surface area contributed by atoms with Crippen molar-refractivity contribution in [3.8, 4) is 0 Å². The molecule has 0 bridgehead atoms. The highest BCUT2D eigenvalue weighted by atomic mass is 16.5. The van der Waals surface area contributed by atoms with Crippen molar-refractivity contribution in [2.45, 2.75) is 13.5 Å². The number of ether oxygens (including phenoxy) is 2. The Morgan fingerprint density at radius 1 is 1.44 bits per heavy atom. The van der Waals surface area contributed by atoms with E-state index in [1.807, 2.05) is 6.92 Å². The molecule has 2 aromatic heterocycles. The van der Waals surface area contributed by atoms with Crippen LogP contribution in [0.2, 0.25) is 0 Å². The number of hydrogen-bond donors (Lipinski definition) is 0. The van der Waals surface area contributed by atoms with Gasteiger partial charge in [-0.2, -0.15) is 5.10 Å². The fourth-order valence-electron chi connectivity index (χ4n) is 1.51. The van der Waals surface area contributed by atoms with Crippen molar-refractivity contribution in [2.24, 2.45) is 0 Å². The molecule has 0 spiro atoms. The Bertz CT molecular complexity index is 552. The normalized spacial score (nSPS) is 10.8. The SMILES string of the molecule is CCOCCn1ncc2ncc(C(=O)OC)nc21. The molecule has 18 heavy (non-hydrogen) atoms. The van der Waals surface area contributed by atoms with Crippen molar-refractivity contribution in [1.82, 2.24) is 19.7 Å². The van der Waals surface area contributed by atoms with Gasteiger partial charge in [0, 0.05) is 6.61 Å². The molecule has 0 saturated heterocycles. The van der Waals surface area contributed by atoms with E-state index >= 15 is 0 Å². The van der Waals surface area contributed by atoms with E-state index in [0.717, 1.165) is 0 Å². The molecule has 0 unspecified atom stereocenters. The topological polar surface area (TPSA) is 79.1 Å². The van der Waals surface area contributed by atoms with Gasteiger partial charge in [-0.1, -0.05) is 0 Å². The average molecular weight is 250 g/mol. The van der Waals surface area contributed by atoms with Gasteiger partial charge in [0.15, 0.2) is 11.3 Å². The molecule has 0 saturated carbocycles. The standard InChI is InChI=1S/C11H14N4O3/c1-3-18-5-4-15-10-8(7-13-15)12-6-9(14-10)11(16)17-2/h6-7H,3-5H2,1-2H3. The molecular weight excluding hydrogens is 236 g/mol. The first kappa shape index (κ1) is 12.4. The van der Waals surface area contributed by atoms with E-state index in [1.165, 1.54) is 13.3 Å². The number of nitrogens with zero attached hydrogens (tertiary/aromatic N) is 4. The minimum atomic E-state index is -0.512. The van der Waals surface area contributed by atoms with Gasteiger partial charge in [-0.25, -0.2) is 19.4 Å². The zero-order valence-electron chi connectivity index (χ0n) is 10.3. The number of hydrogen-bond acceptors (Lipinski definition) is 6. The Labute approximate surface area is 104 Å². The lowest BCUT2D eigenvalue weighted by Gasteiger charge is -2.03. The molecule has 0 aromatic carbocycles. The molecule has 0 radical (unpaired) electrons. The molecule has 2 rings (SSSR count). The maximum Gasteiger partial charge on any atom is 0.358 e. The minimum absolute atomic E-state index is 0.170. The minimum Gasteiger partial charge on any atom is -0.464 e. The largest absolute Gasteiger partial charge is 0.464 e. The third-order valence-electron chi connectivity index (χ3n) is 2.39. The summed E-state index contributed by atoms with van der Waals surface area (Å²) in [7, 11) is 1.31. The number of carbonyl (C=O) groups is 1. The number of carbonyl (C=O) groups excluding carboxylic acids is 1. The molecule has 0 amide bonds. The van der Waals surface area contributed by atoms with E-state index in [2.05, 4.69) is 19.8 Å². The monoisotopic (exact) mass is 250 g/mol. The van der Waals surface area contributed by atoms with Crippen LogP contribution in [0.15, 0.2) is 12.4 Å². The summed E-state index contributed by atoms with van der Waals surface area (Å²) in [4.78, 5) is 19.7. The Kier molecular flexibility index (Phi) is 3.83. The molecule has 2 aromatic rings. The van der Waals surface area contributed by atoms with Gasteiger partial charge in [0.2, 0.25) is 0 Å². The summed E-state index contributed by atoms with van der Waals surface area (Å²) in [6.45, 7) is 3.68. The third kappa shape index (κ3) is 2.45. The number of fused-ring (bicyclic) bond motifs is 1. The average Bonchev–Trinajstić information content (AvgIpc) is 2.81. The molecule has 7 heteroatoms. The Balaban J connectivity index is 2.28. The van der Waals surface area contributed by atoms with Gasteiger partial charge in [-0.3, -0.25) is 0 Å². The van der Waals surface area contributed by atoms with Crippen molar-refractivity contribution in [3.63, 3.8) is 0 Å². The van der Waals surface area contributed by atoms with Crippen molar-refractivity contribution in [2.75, 3.05) is 20.3 Å². The Morgan fingerprint density at radius 2 is 2.28 bits per heavy atom. The maximum absolute atomic E-state index is 11.4. The van der Waals surface area contributed by atoms with Gasteiger partial charge in [0.05, 0.1) is 32.7 Å². The van der Waals surface area contributed by atoms with Gasteiger partial charge in [-0.15, -0.1) is 0 Å². The van der Waals surface area contributed by atoms with Crippen LogP contribution in [0.25, 0.3) is 11.2 Å². The molecule has 0 fully saturated rings. The predicted octanol–water partition coefficient (Wildman–Crippen LogP) is 0.649. The molecule has 0 N–H and O–H groups in total. The highest BCUT2D eigenvalue weighted by Gasteiger charge is 2.12. The smallest absolute Gasteiger partial charge is 0.358 e. The van der Waals surface area contributed by atoms with Gasteiger partial charge in [-0.05, 0) is 6.92 Å². The maximum atomic E-state index is 11.4.